The van der Waals surface area contributed by atoms with E-state index in [2.05, 4.69) is 75.3 Å². The van der Waals surface area contributed by atoms with Crippen LogP contribution in [0.2, 0.25) is 0 Å². The first-order valence-corrected chi connectivity index (χ1v) is 10.6. The van der Waals surface area contributed by atoms with Gasteiger partial charge in [0.05, 0.1) is 0 Å². The molecule has 0 unspecified atom stereocenters. The highest BCUT2D eigenvalue weighted by Crippen LogP contribution is 2.30. The minimum Gasteiger partial charge on any atom is -0.358 e. The zero-order chi connectivity index (χ0) is 20.3. The monoisotopic (exact) mass is 376 g/mol. The number of aryl methyl sites for hydroxylation is 1. The van der Waals surface area contributed by atoms with Crippen molar-refractivity contribution >= 4 is 12.0 Å². The molecule has 0 bridgehead atoms. The fraction of sp³-hybridized carbons (Fsp3) is 0.400. The van der Waals surface area contributed by atoms with Gasteiger partial charge in [0, 0.05) is 29.1 Å². The number of hydrogen-bond acceptors (Lipinski definition) is 1. The molecule has 2 N–H and O–H groups in total. The number of benzene rings is 1. The first kappa shape index (κ1) is 20.2. The van der Waals surface area contributed by atoms with Gasteiger partial charge in [0.1, 0.15) is 0 Å². The highest BCUT2D eigenvalue weighted by molar-refractivity contribution is 6.01. The molecule has 0 radical (unpaired) electrons. The van der Waals surface area contributed by atoms with Crippen molar-refractivity contribution in [3.63, 3.8) is 0 Å². The zero-order valence-corrected chi connectivity index (χ0v) is 17.8. The van der Waals surface area contributed by atoms with E-state index >= 15 is 0 Å². The van der Waals surface area contributed by atoms with Crippen molar-refractivity contribution in [2.75, 3.05) is 0 Å². The predicted octanol–water partition coefficient (Wildman–Crippen LogP) is 5.63. The topological polar surface area (TPSA) is 44.9 Å². The lowest BCUT2D eigenvalue weighted by Gasteiger charge is -2.07. The number of aromatic nitrogens is 1. The lowest BCUT2D eigenvalue weighted by atomic mass is 9.97. The van der Waals surface area contributed by atoms with Crippen LogP contribution in [0.4, 0.5) is 0 Å². The highest BCUT2D eigenvalue weighted by atomic mass is 16.1. The SMILES string of the molecule is CCC1=C(CC)/C(=C/c2[nH]c(Cc3ccccc3C)c(CC)c2CC)NC1=O. The molecule has 2 aromatic rings. The molecule has 1 aliphatic heterocycles. The number of rotatable bonds is 7. The highest BCUT2D eigenvalue weighted by Gasteiger charge is 2.25. The van der Waals surface area contributed by atoms with Gasteiger partial charge in [-0.1, -0.05) is 52.0 Å². The van der Waals surface area contributed by atoms with Crippen molar-refractivity contribution < 1.29 is 4.79 Å². The number of aromatic amines is 1. The Bertz CT molecular complexity index is 943. The molecule has 0 fully saturated rings. The predicted molar refractivity (Wildman–Crippen MR) is 117 cm³/mol. The molecule has 0 spiro atoms. The van der Waals surface area contributed by atoms with E-state index in [0.29, 0.717) is 0 Å². The van der Waals surface area contributed by atoms with E-state index in [9.17, 15) is 4.79 Å². The van der Waals surface area contributed by atoms with Crippen molar-refractivity contribution in [1.29, 1.82) is 0 Å². The standard InChI is InChI=1S/C25H32N2O/c1-6-18-19(7-2)23(15-24-20(8-3)21(9-4)25(28)27-24)26-22(18)14-17-13-11-10-12-16(17)5/h10-13,15,26H,6-9,14H2,1-5H3,(H,27,28)/b24-15-. The Morgan fingerprint density at radius 3 is 2.18 bits per heavy atom. The van der Waals surface area contributed by atoms with Crippen molar-refractivity contribution in [1.82, 2.24) is 10.3 Å². The molecule has 1 aromatic heterocycles. The van der Waals surface area contributed by atoms with Crippen LogP contribution in [0.5, 0.6) is 0 Å². The van der Waals surface area contributed by atoms with E-state index in [1.165, 1.54) is 27.9 Å². The van der Waals surface area contributed by atoms with Crippen LogP contribution in [0.15, 0.2) is 41.1 Å². The first-order chi connectivity index (χ1) is 13.5. The average molecular weight is 377 g/mol. The summed E-state index contributed by atoms with van der Waals surface area (Å²) in [5.74, 6) is 0.0612. The maximum Gasteiger partial charge on any atom is 0.251 e. The van der Waals surface area contributed by atoms with Gasteiger partial charge in [-0.05, 0) is 66.5 Å². The van der Waals surface area contributed by atoms with E-state index in [0.717, 1.165) is 54.6 Å². The fourth-order valence-corrected chi connectivity index (χ4v) is 4.38. The second-order valence-electron chi connectivity index (χ2n) is 7.46. The van der Waals surface area contributed by atoms with Gasteiger partial charge in [0.25, 0.3) is 5.91 Å². The number of amides is 1. The molecule has 3 nitrogen and oxygen atoms in total. The number of hydrogen-bond donors (Lipinski definition) is 2. The lowest BCUT2D eigenvalue weighted by Crippen LogP contribution is -2.16. The average Bonchev–Trinajstić information content (AvgIpc) is 3.18. The second kappa shape index (κ2) is 8.64. The van der Waals surface area contributed by atoms with Gasteiger partial charge in [-0.3, -0.25) is 4.79 Å². The van der Waals surface area contributed by atoms with Gasteiger partial charge in [-0.25, -0.2) is 0 Å². The minimum absolute atomic E-state index is 0.0612. The normalized spacial score (nSPS) is 15.6. The third-order valence-corrected chi connectivity index (χ3v) is 5.88. The quantitative estimate of drug-likeness (QED) is 0.646. The van der Waals surface area contributed by atoms with E-state index < -0.39 is 0 Å². The van der Waals surface area contributed by atoms with Crippen molar-refractivity contribution in [2.45, 2.75) is 66.7 Å². The molecule has 0 atom stereocenters. The maximum atomic E-state index is 12.3. The van der Waals surface area contributed by atoms with Crippen molar-refractivity contribution in [3.8, 4) is 0 Å². The molecular formula is C25H32N2O. The van der Waals surface area contributed by atoms with Gasteiger partial charge >= 0.3 is 0 Å². The summed E-state index contributed by atoms with van der Waals surface area (Å²) in [6.07, 6.45) is 6.69. The van der Waals surface area contributed by atoms with Crippen LogP contribution in [0.1, 0.15) is 74.2 Å². The third kappa shape index (κ3) is 3.71. The van der Waals surface area contributed by atoms with Crippen molar-refractivity contribution in [3.05, 3.63) is 74.8 Å². The molecule has 148 valence electrons. The van der Waals surface area contributed by atoms with Crippen LogP contribution >= 0.6 is 0 Å². The largest absolute Gasteiger partial charge is 0.358 e. The van der Waals surface area contributed by atoms with Crippen LogP contribution in [0, 0.1) is 6.92 Å². The van der Waals surface area contributed by atoms with Crippen LogP contribution in [0.25, 0.3) is 6.08 Å². The molecule has 1 aromatic carbocycles. The Morgan fingerprint density at radius 1 is 0.893 bits per heavy atom. The molecule has 0 aliphatic carbocycles. The minimum atomic E-state index is 0.0612. The molecule has 0 saturated carbocycles. The van der Waals surface area contributed by atoms with Crippen molar-refractivity contribution in [2.24, 2.45) is 0 Å². The van der Waals surface area contributed by atoms with Gasteiger partial charge in [0.15, 0.2) is 0 Å². The summed E-state index contributed by atoms with van der Waals surface area (Å²) in [6.45, 7) is 10.8. The number of carbonyl (C=O) groups is 1. The van der Waals surface area contributed by atoms with Gasteiger partial charge < -0.3 is 10.3 Å². The van der Waals surface area contributed by atoms with Gasteiger partial charge in [-0.15, -0.1) is 0 Å². The fourth-order valence-electron chi connectivity index (χ4n) is 4.38. The molecule has 2 heterocycles. The summed E-state index contributed by atoms with van der Waals surface area (Å²) in [6, 6.07) is 8.58. The number of nitrogens with one attached hydrogen (secondary N) is 2. The Morgan fingerprint density at radius 2 is 1.57 bits per heavy atom. The number of allylic oxidation sites excluding steroid dienone is 1. The van der Waals surface area contributed by atoms with Crippen LogP contribution in [-0.2, 0) is 24.1 Å². The Kier molecular flexibility index (Phi) is 6.23. The summed E-state index contributed by atoms with van der Waals surface area (Å²) in [4.78, 5) is 16.0. The van der Waals surface area contributed by atoms with E-state index in [1.807, 2.05) is 0 Å². The summed E-state index contributed by atoms with van der Waals surface area (Å²) in [7, 11) is 0. The van der Waals surface area contributed by atoms with Crippen LogP contribution in [-0.4, -0.2) is 10.9 Å². The van der Waals surface area contributed by atoms with Crippen LogP contribution in [0.3, 0.4) is 0 Å². The molecule has 3 heteroatoms. The summed E-state index contributed by atoms with van der Waals surface area (Å²) >= 11 is 0. The Labute approximate surface area is 168 Å². The Balaban J connectivity index is 2.05. The number of H-pyrrole nitrogens is 1. The van der Waals surface area contributed by atoms with E-state index in [-0.39, 0.29) is 5.91 Å². The summed E-state index contributed by atoms with van der Waals surface area (Å²) < 4.78 is 0. The molecule has 0 saturated heterocycles. The maximum absolute atomic E-state index is 12.3. The molecule has 1 amide bonds. The van der Waals surface area contributed by atoms with E-state index in [1.54, 1.807) is 0 Å². The summed E-state index contributed by atoms with van der Waals surface area (Å²) in [5.41, 5.74) is 10.9. The molecule has 28 heavy (non-hydrogen) atoms. The van der Waals surface area contributed by atoms with Gasteiger partial charge in [-0.2, -0.15) is 0 Å². The lowest BCUT2D eigenvalue weighted by molar-refractivity contribution is -0.116. The number of carbonyl (C=O) groups excluding carboxylic acids is 1. The second-order valence-corrected chi connectivity index (χ2v) is 7.46. The molecule has 1 aliphatic rings. The zero-order valence-electron chi connectivity index (χ0n) is 17.8. The molecule has 3 rings (SSSR count). The van der Waals surface area contributed by atoms with Gasteiger partial charge in [0.2, 0.25) is 0 Å². The third-order valence-electron chi connectivity index (χ3n) is 5.88. The molecular weight excluding hydrogens is 344 g/mol. The van der Waals surface area contributed by atoms with Crippen LogP contribution < -0.4 is 5.32 Å². The Hall–Kier alpha value is -2.55. The first-order valence-electron chi connectivity index (χ1n) is 10.6. The smallest absolute Gasteiger partial charge is 0.251 e. The van der Waals surface area contributed by atoms with E-state index in [4.69, 9.17) is 0 Å². The summed E-state index contributed by atoms with van der Waals surface area (Å²) in [5, 5.41) is 3.09.